The number of hydrogen-bond acceptors (Lipinski definition) is 3. The Morgan fingerprint density at radius 2 is 1.71 bits per heavy atom. The molecule has 0 bridgehead atoms. The molecule has 0 spiro atoms. The van der Waals surface area contributed by atoms with Crippen molar-refractivity contribution in [1.82, 2.24) is 9.80 Å². The second-order valence-electron chi connectivity index (χ2n) is 6.73. The number of piperazine rings is 1. The number of ether oxygens (including phenoxy) is 1. The Balaban J connectivity index is 2.05. The summed E-state index contributed by atoms with van der Waals surface area (Å²) in [5, 5.41) is 0. The normalized spacial score (nSPS) is 19.6. The minimum Gasteiger partial charge on any atom is -0.366 e. The van der Waals surface area contributed by atoms with Gasteiger partial charge in [-0.25, -0.2) is 0 Å². The number of benzene rings is 1. The Morgan fingerprint density at radius 1 is 1.10 bits per heavy atom. The zero-order chi connectivity index (χ0) is 15.3. The van der Waals surface area contributed by atoms with Crippen LogP contribution in [0.15, 0.2) is 30.3 Å². The van der Waals surface area contributed by atoms with E-state index in [9.17, 15) is 0 Å². The number of hydrogen-bond donors (Lipinski definition) is 0. The van der Waals surface area contributed by atoms with Crippen LogP contribution in [-0.2, 0) is 4.74 Å². The van der Waals surface area contributed by atoms with Crippen molar-refractivity contribution in [3.05, 3.63) is 35.9 Å². The van der Waals surface area contributed by atoms with E-state index in [1.165, 1.54) is 5.56 Å². The van der Waals surface area contributed by atoms with Gasteiger partial charge in [-0.3, -0.25) is 4.90 Å². The first-order chi connectivity index (χ1) is 10.00. The molecule has 1 fully saturated rings. The molecule has 0 N–H and O–H groups in total. The van der Waals surface area contributed by atoms with Crippen molar-refractivity contribution in [3.63, 3.8) is 0 Å². The van der Waals surface area contributed by atoms with E-state index in [0.717, 1.165) is 39.1 Å². The largest absolute Gasteiger partial charge is 0.366 e. The molecular weight excluding hydrogens is 260 g/mol. The lowest BCUT2D eigenvalue weighted by molar-refractivity contribution is -0.0888. The third-order valence-electron chi connectivity index (χ3n) is 4.50. The molecule has 1 aromatic rings. The monoisotopic (exact) mass is 290 g/mol. The van der Waals surface area contributed by atoms with E-state index in [4.69, 9.17) is 4.74 Å². The van der Waals surface area contributed by atoms with E-state index >= 15 is 0 Å². The van der Waals surface area contributed by atoms with Crippen molar-refractivity contribution in [2.75, 3.05) is 39.8 Å². The van der Waals surface area contributed by atoms with Gasteiger partial charge in [-0.1, -0.05) is 37.3 Å². The van der Waals surface area contributed by atoms with Crippen molar-refractivity contribution >= 4 is 0 Å². The fraction of sp³-hybridized carbons (Fsp3) is 0.667. The smallest absolute Gasteiger partial charge is 0.0959 e. The molecule has 0 aliphatic carbocycles. The maximum atomic E-state index is 6.45. The molecule has 0 amide bonds. The van der Waals surface area contributed by atoms with Gasteiger partial charge in [0.15, 0.2) is 0 Å². The van der Waals surface area contributed by atoms with E-state index in [2.05, 4.69) is 68.0 Å². The lowest BCUT2D eigenvalue weighted by Crippen LogP contribution is -2.46. The van der Waals surface area contributed by atoms with Crippen LogP contribution in [0.5, 0.6) is 0 Å². The molecule has 1 aromatic carbocycles. The highest BCUT2D eigenvalue weighted by Gasteiger charge is 2.26. The molecule has 2 rings (SSSR count). The van der Waals surface area contributed by atoms with Crippen LogP contribution in [-0.4, -0.2) is 55.2 Å². The van der Waals surface area contributed by atoms with Gasteiger partial charge in [0.05, 0.1) is 11.7 Å². The quantitative estimate of drug-likeness (QED) is 0.800. The summed E-state index contributed by atoms with van der Waals surface area (Å²) in [5.41, 5.74) is 1.21. The van der Waals surface area contributed by atoms with Crippen LogP contribution in [0.4, 0.5) is 0 Å². The minimum atomic E-state index is -0.0763. The molecular formula is C18H30N2O. The van der Waals surface area contributed by atoms with Gasteiger partial charge in [0, 0.05) is 32.7 Å². The van der Waals surface area contributed by atoms with Gasteiger partial charge in [0.25, 0.3) is 0 Å². The van der Waals surface area contributed by atoms with Gasteiger partial charge in [-0.15, -0.1) is 0 Å². The van der Waals surface area contributed by atoms with Crippen LogP contribution in [0, 0.1) is 0 Å². The summed E-state index contributed by atoms with van der Waals surface area (Å²) in [5.74, 6) is 0. The molecule has 1 aliphatic rings. The van der Waals surface area contributed by atoms with Crippen LogP contribution in [0.3, 0.4) is 0 Å². The summed E-state index contributed by atoms with van der Waals surface area (Å²) in [7, 11) is 2.20. The number of nitrogens with zero attached hydrogens (tertiary/aromatic N) is 2. The average Bonchev–Trinajstić information content (AvgIpc) is 2.49. The molecule has 1 saturated heterocycles. The van der Waals surface area contributed by atoms with Crippen molar-refractivity contribution in [3.8, 4) is 0 Å². The summed E-state index contributed by atoms with van der Waals surface area (Å²) in [6.07, 6.45) is 1.18. The lowest BCUT2D eigenvalue weighted by atomic mass is 10.0. The van der Waals surface area contributed by atoms with Gasteiger partial charge in [0.2, 0.25) is 0 Å². The molecule has 21 heavy (non-hydrogen) atoms. The molecule has 1 atom stereocenters. The minimum absolute atomic E-state index is 0.0763. The molecule has 1 aliphatic heterocycles. The summed E-state index contributed by atoms with van der Waals surface area (Å²) in [6, 6.07) is 10.7. The first-order valence-corrected chi connectivity index (χ1v) is 8.14. The molecule has 0 radical (unpaired) electrons. The topological polar surface area (TPSA) is 15.7 Å². The SMILES string of the molecule is CCC(C)(C)OC(CN1CCN(C)CC1)c1ccccc1. The highest BCUT2D eigenvalue weighted by Crippen LogP contribution is 2.27. The fourth-order valence-corrected chi connectivity index (χ4v) is 2.61. The summed E-state index contributed by atoms with van der Waals surface area (Å²) in [6.45, 7) is 12.1. The molecule has 0 saturated carbocycles. The van der Waals surface area contributed by atoms with Crippen molar-refractivity contribution in [1.29, 1.82) is 0 Å². The van der Waals surface area contributed by atoms with E-state index < -0.39 is 0 Å². The Bertz CT molecular complexity index is 410. The summed E-state index contributed by atoms with van der Waals surface area (Å²) < 4.78 is 6.45. The second-order valence-corrected chi connectivity index (χ2v) is 6.73. The van der Waals surface area contributed by atoms with E-state index in [-0.39, 0.29) is 11.7 Å². The maximum absolute atomic E-state index is 6.45. The fourth-order valence-electron chi connectivity index (χ4n) is 2.61. The zero-order valence-corrected chi connectivity index (χ0v) is 14.0. The Hall–Kier alpha value is -0.900. The van der Waals surface area contributed by atoms with E-state index in [1.54, 1.807) is 0 Å². The third kappa shape index (κ3) is 5.10. The van der Waals surface area contributed by atoms with Crippen LogP contribution in [0.25, 0.3) is 0 Å². The Morgan fingerprint density at radius 3 is 2.29 bits per heavy atom. The molecule has 0 aromatic heterocycles. The van der Waals surface area contributed by atoms with Crippen LogP contribution >= 0.6 is 0 Å². The third-order valence-corrected chi connectivity index (χ3v) is 4.50. The van der Waals surface area contributed by atoms with Crippen molar-refractivity contribution < 1.29 is 4.74 Å². The van der Waals surface area contributed by atoms with Gasteiger partial charge < -0.3 is 9.64 Å². The van der Waals surface area contributed by atoms with Crippen molar-refractivity contribution in [2.45, 2.75) is 38.9 Å². The van der Waals surface area contributed by atoms with Crippen LogP contribution in [0.1, 0.15) is 38.9 Å². The maximum Gasteiger partial charge on any atom is 0.0959 e. The highest BCUT2D eigenvalue weighted by atomic mass is 16.5. The number of rotatable bonds is 6. The zero-order valence-electron chi connectivity index (χ0n) is 14.0. The molecule has 3 nitrogen and oxygen atoms in total. The van der Waals surface area contributed by atoms with Crippen LogP contribution < -0.4 is 0 Å². The van der Waals surface area contributed by atoms with E-state index in [1.807, 2.05) is 0 Å². The Labute approximate surface area is 129 Å². The lowest BCUT2D eigenvalue weighted by Gasteiger charge is -2.37. The van der Waals surface area contributed by atoms with E-state index in [0.29, 0.717) is 0 Å². The van der Waals surface area contributed by atoms with Crippen LogP contribution in [0.2, 0.25) is 0 Å². The van der Waals surface area contributed by atoms with Gasteiger partial charge in [-0.2, -0.15) is 0 Å². The molecule has 1 unspecified atom stereocenters. The van der Waals surface area contributed by atoms with Crippen molar-refractivity contribution in [2.24, 2.45) is 0 Å². The van der Waals surface area contributed by atoms with Gasteiger partial charge in [0.1, 0.15) is 0 Å². The first-order valence-electron chi connectivity index (χ1n) is 8.14. The number of likely N-dealkylation sites (N-methyl/N-ethyl adjacent to an activating group) is 1. The average molecular weight is 290 g/mol. The molecule has 3 heteroatoms. The standard InChI is InChI=1S/C18H30N2O/c1-5-18(2,3)21-17(16-9-7-6-8-10-16)15-20-13-11-19(4)12-14-20/h6-10,17H,5,11-15H2,1-4H3. The first kappa shape index (κ1) is 16.5. The predicted octanol–water partition coefficient (Wildman–Crippen LogP) is 3.18. The van der Waals surface area contributed by atoms with Gasteiger partial charge >= 0.3 is 0 Å². The second kappa shape index (κ2) is 7.39. The Kier molecular flexibility index (Phi) is 5.80. The summed E-state index contributed by atoms with van der Waals surface area (Å²) >= 11 is 0. The highest BCUT2D eigenvalue weighted by molar-refractivity contribution is 5.18. The molecule has 1 heterocycles. The molecule has 118 valence electrons. The predicted molar refractivity (Wildman–Crippen MR) is 88.6 cm³/mol. The van der Waals surface area contributed by atoms with Gasteiger partial charge in [-0.05, 0) is 32.9 Å². The summed E-state index contributed by atoms with van der Waals surface area (Å²) in [4.78, 5) is 4.92.